The maximum Gasteiger partial charge on any atom is 0.116 e. The van der Waals surface area contributed by atoms with Crippen LogP contribution >= 0.6 is 12.6 Å². The lowest BCUT2D eigenvalue weighted by Gasteiger charge is -2.17. The molecule has 15 heavy (non-hydrogen) atoms. The van der Waals surface area contributed by atoms with Crippen molar-refractivity contribution in [2.75, 3.05) is 5.75 Å². The van der Waals surface area contributed by atoms with Crippen LogP contribution in [0.25, 0.3) is 0 Å². The van der Waals surface area contributed by atoms with Crippen LogP contribution < -0.4 is 0 Å². The number of hydrogen-bond acceptors (Lipinski definition) is 4. The Bertz CT molecular complexity index is 307. The second-order valence-electron chi connectivity index (χ2n) is 3.63. The molecular weight excluding hydrogens is 212 g/mol. The summed E-state index contributed by atoms with van der Waals surface area (Å²) < 4.78 is 0. The number of hydrogen-bond donors (Lipinski definition) is 4. The molecule has 0 aliphatic rings. The smallest absolute Gasteiger partial charge is 0.116 e. The molecule has 0 saturated carbocycles. The summed E-state index contributed by atoms with van der Waals surface area (Å²) in [6, 6.07) is 4.80. The molecule has 1 rings (SSSR count). The lowest BCUT2D eigenvalue weighted by Crippen LogP contribution is -2.18. The highest BCUT2D eigenvalue weighted by Crippen LogP contribution is 2.24. The third-order valence-electron chi connectivity index (χ3n) is 2.22. The highest BCUT2D eigenvalue weighted by Gasteiger charge is 2.18. The van der Waals surface area contributed by atoms with E-state index in [1.807, 2.05) is 6.92 Å². The van der Waals surface area contributed by atoms with Crippen molar-refractivity contribution in [1.82, 2.24) is 0 Å². The number of aryl methyl sites for hydroxylation is 1. The Morgan fingerprint density at radius 2 is 1.93 bits per heavy atom. The fourth-order valence-electron chi connectivity index (χ4n) is 1.47. The molecule has 0 aliphatic heterocycles. The van der Waals surface area contributed by atoms with Crippen molar-refractivity contribution in [3.05, 3.63) is 29.3 Å². The number of aliphatic hydroxyl groups is 2. The van der Waals surface area contributed by atoms with E-state index in [9.17, 15) is 15.3 Å². The monoisotopic (exact) mass is 228 g/mol. The van der Waals surface area contributed by atoms with Gasteiger partial charge in [0, 0.05) is 0 Å². The van der Waals surface area contributed by atoms with Gasteiger partial charge in [0.15, 0.2) is 0 Å². The van der Waals surface area contributed by atoms with Crippen LogP contribution in [0.3, 0.4) is 0 Å². The molecule has 0 fully saturated rings. The quantitative estimate of drug-likeness (QED) is 0.589. The van der Waals surface area contributed by atoms with Crippen molar-refractivity contribution in [3.8, 4) is 5.75 Å². The van der Waals surface area contributed by atoms with E-state index in [-0.39, 0.29) is 5.75 Å². The van der Waals surface area contributed by atoms with E-state index in [0.717, 1.165) is 5.56 Å². The summed E-state index contributed by atoms with van der Waals surface area (Å²) >= 11 is 3.99. The zero-order chi connectivity index (χ0) is 11.4. The van der Waals surface area contributed by atoms with Gasteiger partial charge in [0.2, 0.25) is 0 Å². The summed E-state index contributed by atoms with van der Waals surface area (Å²) in [4.78, 5) is 0. The summed E-state index contributed by atoms with van der Waals surface area (Å²) in [7, 11) is 0. The van der Waals surface area contributed by atoms with E-state index in [2.05, 4.69) is 12.6 Å². The van der Waals surface area contributed by atoms with E-state index in [0.29, 0.717) is 17.7 Å². The molecular formula is C11H16O3S. The van der Waals surface area contributed by atoms with E-state index < -0.39 is 12.2 Å². The third-order valence-corrected chi connectivity index (χ3v) is 2.47. The maximum absolute atomic E-state index is 9.77. The summed E-state index contributed by atoms with van der Waals surface area (Å²) in [6.45, 7) is 1.82. The number of rotatable bonds is 4. The van der Waals surface area contributed by atoms with Crippen LogP contribution in [0.15, 0.2) is 18.2 Å². The SMILES string of the molecule is Cc1cc(O)cc(C(O)C(O)CCS)c1. The number of phenols is 1. The highest BCUT2D eigenvalue weighted by atomic mass is 32.1. The van der Waals surface area contributed by atoms with Crippen LogP contribution in [0.5, 0.6) is 5.75 Å². The zero-order valence-corrected chi connectivity index (χ0v) is 9.48. The Kier molecular flexibility index (Phi) is 4.45. The van der Waals surface area contributed by atoms with Gasteiger partial charge >= 0.3 is 0 Å². The summed E-state index contributed by atoms with van der Waals surface area (Å²) in [6.07, 6.45) is -1.40. The molecule has 0 radical (unpaired) electrons. The van der Waals surface area contributed by atoms with E-state index >= 15 is 0 Å². The van der Waals surface area contributed by atoms with Crippen LogP contribution in [0.2, 0.25) is 0 Å². The van der Waals surface area contributed by atoms with Crippen molar-refractivity contribution in [2.45, 2.75) is 25.6 Å². The van der Waals surface area contributed by atoms with Gasteiger partial charge in [0.05, 0.1) is 6.10 Å². The Morgan fingerprint density at radius 1 is 1.27 bits per heavy atom. The normalized spacial score (nSPS) is 14.9. The van der Waals surface area contributed by atoms with Gasteiger partial charge in [-0.3, -0.25) is 0 Å². The van der Waals surface area contributed by atoms with E-state index in [1.54, 1.807) is 12.1 Å². The van der Waals surface area contributed by atoms with Crippen LogP contribution in [-0.2, 0) is 0 Å². The van der Waals surface area contributed by atoms with Gasteiger partial charge in [-0.25, -0.2) is 0 Å². The van der Waals surface area contributed by atoms with Crippen molar-refractivity contribution in [3.63, 3.8) is 0 Å². The van der Waals surface area contributed by atoms with Crippen LogP contribution in [0.4, 0.5) is 0 Å². The van der Waals surface area contributed by atoms with Crippen LogP contribution in [-0.4, -0.2) is 27.2 Å². The second kappa shape index (κ2) is 5.39. The molecule has 0 spiro atoms. The molecule has 0 heterocycles. The maximum atomic E-state index is 9.77. The van der Waals surface area contributed by atoms with Gasteiger partial charge in [-0.2, -0.15) is 12.6 Å². The average Bonchev–Trinajstić information content (AvgIpc) is 2.15. The number of aliphatic hydroxyl groups excluding tert-OH is 2. The third kappa shape index (κ3) is 3.41. The second-order valence-corrected chi connectivity index (χ2v) is 4.07. The molecule has 4 heteroatoms. The topological polar surface area (TPSA) is 60.7 Å². The van der Waals surface area contributed by atoms with E-state index in [1.165, 1.54) is 6.07 Å². The minimum atomic E-state index is -0.969. The highest BCUT2D eigenvalue weighted by molar-refractivity contribution is 7.80. The van der Waals surface area contributed by atoms with Gasteiger partial charge in [0.25, 0.3) is 0 Å². The Morgan fingerprint density at radius 3 is 2.47 bits per heavy atom. The standard InChI is InChI=1S/C11H16O3S/c1-7-4-8(6-9(12)5-7)11(14)10(13)2-3-15/h4-6,10-15H,2-3H2,1H3. The molecule has 2 atom stereocenters. The fraction of sp³-hybridized carbons (Fsp3) is 0.455. The molecule has 3 N–H and O–H groups in total. The predicted octanol–water partition coefficient (Wildman–Crippen LogP) is 1.41. The van der Waals surface area contributed by atoms with Gasteiger partial charge in [-0.1, -0.05) is 6.07 Å². The molecule has 1 aromatic rings. The van der Waals surface area contributed by atoms with Gasteiger partial charge in [0.1, 0.15) is 11.9 Å². The lowest BCUT2D eigenvalue weighted by atomic mass is 10.0. The zero-order valence-electron chi connectivity index (χ0n) is 8.59. The molecule has 0 saturated heterocycles. The Labute approximate surface area is 94.8 Å². The molecule has 2 unspecified atom stereocenters. The predicted molar refractivity (Wildman–Crippen MR) is 62.3 cm³/mol. The largest absolute Gasteiger partial charge is 0.508 e. The Balaban J connectivity index is 2.85. The van der Waals surface area contributed by atoms with E-state index in [4.69, 9.17) is 0 Å². The molecule has 0 bridgehead atoms. The number of benzene rings is 1. The van der Waals surface area contributed by atoms with Gasteiger partial charge in [-0.15, -0.1) is 0 Å². The number of aromatic hydroxyl groups is 1. The minimum Gasteiger partial charge on any atom is -0.508 e. The summed E-state index contributed by atoms with van der Waals surface area (Å²) in [5.41, 5.74) is 1.38. The van der Waals surface area contributed by atoms with Crippen LogP contribution in [0, 0.1) is 6.92 Å². The van der Waals surface area contributed by atoms with Crippen molar-refractivity contribution in [2.24, 2.45) is 0 Å². The first-order valence-electron chi connectivity index (χ1n) is 4.82. The van der Waals surface area contributed by atoms with Crippen molar-refractivity contribution in [1.29, 1.82) is 0 Å². The van der Waals surface area contributed by atoms with Gasteiger partial charge < -0.3 is 15.3 Å². The van der Waals surface area contributed by atoms with Crippen LogP contribution in [0.1, 0.15) is 23.7 Å². The number of phenolic OH excluding ortho intramolecular Hbond substituents is 1. The first-order valence-corrected chi connectivity index (χ1v) is 5.45. The first-order chi connectivity index (χ1) is 7.04. The number of thiol groups is 1. The van der Waals surface area contributed by atoms with Gasteiger partial charge in [-0.05, 0) is 42.4 Å². The minimum absolute atomic E-state index is 0.0992. The van der Waals surface area contributed by atoms with Crippen molar-refractivity contribution < 1.29 is 15.3 Å². The first kappa shape index (κ1) is 12.4. The molecule has 1 aromatic carbocycles. The molecule has 84 valence electrons. The Hall–Kier alpha value is -0.710. The lowest BCUT2D eigenvalue weighted by molar-refractivity contribution is 0.0171. The molecule has 0 aromatic heterocycles. The molecule has 0 aliphatic carbocycles. The van der Waals surface area contributed by atoms with Crippen molar-refractivity contribution >= 4 is 12.6 Å². The summed E-state index contributed by atoms with van der Waals surface area (Å²) in [5, 5.41) is 28.7. The molecule has 3 nitrogen and oxygen atoms in total. The fourth-order valence-corrected chi connectivity index (χ4v) is 1.74. The molecule has 0 amide bonds. The summed E-state index contributed by atoms with van der Waals surface area (Å²) in [5.74, 6) is 0.609. The average molecular weight is 228 g/mol.